The summed E-state index contributed by atoms with van der Waals surface area (Å²) >= 11 is 1.45. The quantitative estimate of drug-likeness (QED) is 0.302. The number of hydrogen-bond acceptors (Lipinski definition) is 7. The summed E-state index contributed by atoms with van der Waals surface area (Å²) in [4.78, 5) is 28.0. The number of nitrogens with one attached hydrogen (secondary N) is 1. The van der Waals surface area contributed by atoms with Gasteiger partial charge >= 0.3 is 0 Å². The smallest absolute Gasteiger partial charge is 0.273 e. The lowest BCUT2D eigenvalue weighted by molar-refractivity contribution is -0.385. The van der Waals surface area contributed by atoms with Gasteiger partial charge in [-0.05, 0) is 44.2 Å². The van der Waals surface area contributed by atoms with E-state index in [1.54, 1.807) is 32.2 Å². The van der Waals surface area contributed by atoms with E-state index in [1.165, 1.54) is 22.1 Å². The Labute approximate surface area is 193 Å². The number of hydrogen-bond donors (Lipinski definition) is 1. The van der Waals surface area contributed by atoms with Gasteiger partial charge in [0, 0.05) is 41.3 Å². The summed E-state index contributed by atoms with van der Waals surface area (Å²) in [7, 11) is 1.71. The van der Waals surface area contributed by atoms with E-state index in [2.05, 4.69) is 15.4 Å². The summed E-state index contributed by atoms with van der Waals surface area (Å²) in [5, 5.41) is 21.0. The van der Waals surface area contributed by atoms with Crippen molar-refractivity contribution < 1.29 is 14.5 Å². The maximum absolute atomic E-state index is 12.7. The molecule has 2 heterocycles. The van der Waals surface area contributed by atoms with Crippen LogP contribution in [-0.2, 0) is 7.05 Å². The molecule has 10 heteroatoms. The van der Waals surface area contributed by atoms with Gasteiger partial charge in [-0.15, -0.1) is 11.3 Å². The van der Waals surface area contributed by atoms with E-state index in [0.717, 1.165) is 17.0 Å². The zero-order chi connectivity index (χ0) is 23.5. The van der Waals surface area contributed by atoms with Crippen molar-refractivity contribution in [2.24, 2.45) is 7.05 Å². The molecule has 1 amide bonds. The maximum Gasteiger partial charge on any atom is 0.273 e. The monoisotopic (exact) mass is 463 g/mol. The Balaban J connectivity index is 1.53. The molecule has 0 aliphatic rings. The van der Waals surface area contributed by atoms with Crippen LogP contribution in [0.25, 0.3) is 22.0 Å². The van der Waals surface area contributed by atoms with Crippen molar-refractivity contribution in [3.8, 4) is 27.7 Å². The van der Waals surface area contributed by atoms with E-state index in [4.69, 9.17) is 4.74 Å². The van der Waals surface area contributed by atoms with Gasteiger partial charge in [0.25, 0.3) is 11.6 Å². The number of rotatable bonds is 7. The van der Waals surface area contributed by atoms with Crippen molar-refractivity contribution in [2.75, 3.05) is 11.9 Å². The molecule has 0 unspecified atom stereocenters. The number of aryl methyl sites for hydroxylation is 2. The minimum atomic E-state index is -0.501. The van der Waals surface area contributed by atoms with Crippen LogP contribution in [0, 0.1) is 17.0 Å². The fraction of sp³-hybridized carbons (Fsp3) is 0.174. The summed E-state index contributed by atoms with van der Waals surface area (Å²) in [6, 6.07) is 13.8. The molecule has 33 heavy (non-hydrogen) atoms. The Bertz CT molecular complexity index is 1330. The number of aromatic nitrogens is 3. The van der Waals surface area contributed by atoms with Crippen molar-refractivity contribution in [3.63, 3.8) is 0 Å². The average Bonchev–Trinajstić information content (AvgIpc) is 3.42. The standard InChI is InChI=1S/C23H21N5O4S/c1-4-32-17-9-7-15(8-10-17)19-13-33-23(24-19)18-12-21(27(3)26-18)25-22(29)16-6-5-14(2)20(11-16)28(30)31/h5-13H,4H2,1-3H3,(H,25,29). The molecule has 0 aliphatic carbocycles. The van der Waals surface area contributed by atoms with Gasteiger partial charge in [0.1, 0.15) is 22.3 Å². The van der Waals surface area contributed by atoms with Crippen LogP contribution < -0.4 is 10.1 Å². The van der Waals surface area contributed by atoms with Crippen molar-refractivity contribution in [1.29, 1.82) is 0 Å². The predicted octanol–water partition coefficient (Wildman–Crippen LogP) is 5.08. The average molecular weight is 464 g/mol. The SMILES string of the molecule is CCOc1ccc(-c2csc(-c3cc(NC(=O)c4ccc(C)c([N+](=O)[O-])c4)n(C)n3)n2)cc1. The van der Waals surface area contributed by atoms with Crippen LogP contribution in [0.3, 0.4) is 0 Å². The number of ether oxygens (including phenoxy) is 1. The summed E-state index contributed by atoms with van der Waals surface area (Å²) in [6.45, 7) is 4.18. The molecule has 0 spiro atoms. The maximum atomic E-state index is 12.7. The number of anilines is 1. The summed E-state index contributed by atoms with van der Waals surface area (Å²) in [6.07, 6.45) is 0. The first kappa shape index (κ1) is 22.2. The Kier molecular flexibility index (Phi) is 6.18. The van der Waals surface area contributed by atoms with Gasteiger partial charge in [0.15, 0.2) is 0 Å². The third-order valence-electron chi connectivity index (χ3n) is 4.97. The first-order valence-corrected chi connectivity index (χ1v) is 11.0. The molecular weight excluding hydrogens is 442 g/mol. The highest BCUT2D eigenvalue weighted by Gasteiger charge is 2.18. The molecule has 2 aromatic heterocycles. The number of amides is 1. The summed E-state index contributed by atoms with van der Waals surface area (Å²) in [5.74, 6) is 0.804. The van der Waals surface area contributed by atoms with Gasteiger partial charge in [-0.2, -0.15) is 5.10 Å². The largest absolute Gasteiger partial charge is 0.494 e. The minimum absolute atomic E-state index is 0.0991. The first-order chi connectivity index (χ1) is 15.9. The second-order valence-corrected chi connectivity index (χ2v) is 8.10. The Morgan fingerprint density at radius 1 is 1.18 bits per heavy atom. The highest BCUT2D eigenvalue weighted by Crippen LogP contribution is 2.30. The molecular formula is C23H21N5O4S. The van der Waals surface area contributed by atoms with Crippen molar-refractivity contribution in [1.82, 2.24) is 14.8 Å². The number of carbonyl (C=O) groups excluding carboxylic acids is 1. The number of thiazole rings is 1. The van der Waals surface area contributed by atoms with Crippen LogP contribution in [0.5, 0.6) is 5.75 Å². The molecule has 0 radical (unpaired) electrons. The summed E-state index contributed by atoms with van der Waals surface area (Å²) < 4.78 is 7.01. The van der Waals surface area contributed by atoms with Crippen molar-refractivity contribution in [2.45, 2.75) is 13.8 Å². The predicted molar refractivity (Wildman–Crippen MR) is 127 cm³/mol. The molecule has 9 nitrogen and oxygen atoms in total. The van der Waals surface area contributed by atoms with Crippen molar-refractivity contribution >= 4 is 28.7 Å². The molecule has 168 valence electrons. The normalized spacial score (nSPS) is 10.8. The van der Waals surface area contributed by atoms with Crippen molar-refractivity contribution in [3.05, 3.63) is 75.2 Å². The fourth-order valence-corrected chi connectivity index (χ4v) is 4.02. The highest BCUT2D eigenvalue weighted by atomic mass is 32.1. The number of nitro benzene ring substituents is 1. The molecule has 0 fully saturated rings. The molecule has 0 aliphatic heterocycles. The number of benzene rings is 2. The fourth-order valence-electron chi connectivity index (χ4n) is 3.24. The highest BCUT2D eigenvalue weighted by molar-refractivity contribution is 7.13. The lowest BCUT2D eigenvalue weighted by Gasteiger charge is -2.05. The minimum Gasteiger partial charge on any atom is -0.494 e. The second kappa shape index (κ2) is 9.21. The molecule has 1 N–H and O–H groups in total. The zero-order valence-corrected chi connectivity index (χ0v) is 19.0. The van der Waals surface area contributed by atoms with Crippen LogP contribution in [0.2, 0.25) is 0 Å². The van der Waals surface area contributed by atoms with Gasteiger partial charge in [0.2, 0.25) is 0 Å². The number of carbonyl (C=O) groups is 1. The third-order valence-corrected chi connectivity index (χ3v) is 5.84. The molecule has 0 bridgehead atoms. The number of nitro groups is 1. The molecule has 2 aromatic carbocycles. The van der Waals surface area contributed by atoms with E-state index in [0.29, 0.717) is 28.7 Å². The molecule has 4 aromatic rings. The number of nitrogens with zero attached hydrogens (tertiary/aromatic N) is 4. The second-order valence-electron chi connectivity index (χ2n) is 7.25. The molecule has 0 saturated carbocycles. The summed E-state index contributed by atoms with van der Waals surface area (Å²) in [5.41, 5.74) is 2.99. The van der Waals surface area contributed by atoms with Gasteiger partial charge in [-0.25, -0.2) is 4.98 Å². The Morgan fingerprint density at radius 2 is 1.94 bits per heavy atom. The molecule has 0 saturated heterocycles. The van der Waals surface area contributed by atoms with Gasteiger partial charge < -0.3 is 10.1 Å². The van der Waals surface area contributed by atoms with Gasteiger partial charge in [0.05, 0.1) is 17.2 Å². The van der Waals surface area contributed by atoms with E-state index >= 15 is 0 Å². The lowest BCUT2D eigenvalue weighted by atomic mass is 10.1. The van der Waals surface area contributed by atoms with Crippen LogP contribution in [-0.4, -0.2) is 32.2 Å². The van der Waals surface area contributed by atoms with Crippen LogP contribution >= 0.6 is 11.3 Å². The van der Waals surface area contributed by atoms with E-state index in [-0.39, 0.29) is 11.3 Å². The van der Waals surface area contributed by atoms with E-state index in [9.17, 15) is 14.9 Å². The van der Waals surface area contributed by atoms with Gasteiger partial charge in [-0.1, -0.05) is 6.07 Å². The van der Waals surface area contributed by atoms with Crippen LogP contribution in [0.4, 0.5) is 11.5 Å². The molecule has 0 atom stereocenters. The Hall–Kier alpha value is -4.05. The topological polar surface area (TPSA) is 112 Å². The zero-order valence-electron chi connectivity index (χ0n) is 18.2. The van der Waals surface area contributed by atoms with E-state index < -0.39 is 10.8 Å². The first-order valence-electron chi connectivity index (χ1n) is 10.1. The van der Waals surface area contributed by atoms with Crippen LogP contribution in [0.15, 0.2) is 53.9 Å². The molecule has 4 rings (SSSR count). The lowest BCUT2D eigenvalue weighted by Crippen LogP contribution is -2.14. The third kappa shape index (κ3) is 4.75. The Morgan fingerprint density at radius 3 is 2.64 bits per heavy atom. The van der Waals surface area contributed by atoms with Gasteiger partial charge in [-0.3, -0.25) is 19.6 Å². The van der Waals surface area contributed by atoms with E-state index in [1.807, 2.05) is 36.6 Å². The van der Waals surface area contributed by atoms with Crippen LogP contribution in [0.1, 0.15) is 22.8 Å².